The lowest BCUT2D eigenvalue weighted by Crippen LogP contribution is -2.43. The van der Waals surface area contributed by atoms with Gasteiger partial charge in [0.2, 0.25) is 23.6 Å². The Balaban J connectivity index is 1.09. The van der Waals surface area contributed by atoms with Gasteiger partial charge in [-0.1, -0.05) is 30.3 Å². The third-order valence-electron chi connectivity index (χ3n) is 8.11. The fourth-order valence-corrected chi connectivity index (χ4v) is 5.93. The second-order valence-corrected chi connectivity index (χ2v) is 11.0. The van der Waals surface area contributed by atoms with E-state index < -0.39 is 12.1 Å². The van der Waals surface area contributed by atoms with E-state index in [1.165, 1.54) is 6.92 Å². The summed E-state index contributed by atoms with van der Waals surface area (Å²) in [5.41, 5.74) is 3.59. The van der Waals surface area contributed by atoms with Crippen LogP contribution in [0, 0.1) is 6.42 Å². The van der Waals surface area contributed by atoms with Crippen LogP contribution in [-0.4, -0.2) is 58.6 Å². The smallest absolute Gasteiger partial charge is 0.247 e. The number of rotatable bonds is 7. The molecular formula is C34H33N4O5. The standard InChI is InChI=1S/C34H33N4O5/c1-22(39)37-17-5-9-28(37)33(41)36-27-15-16-30-25(20-27)21-31(43-30)24-11-13-26(14-12-24)35-34(42)29-10-6-18-38(29)32(40)19-23-7-3-2-4-8-23/h2-4,7-8,11-16,19-21,28-29H,5-6,9-10,17-18H2,1H3,(H,35,42)(H,36,41)/t28-,29-/m0/s1. The summed E-state index contributed by atoms with van der Waals surface area (Å²) in [5.74, 6) is 0.00349. The summed E-state index contributed by atoms with van der Waals surface area (Å²) in [7, 11) is 0. The minimum absolute atomic E-state index is 0.0914. The van der Waals surface area contributed by atoms with E-state index in [9.17, 15) is 19.2 Å². The molecule has 4 amide bonds. The number of nitrogens with zero attached hydrogens (tertiary/aromatic N) is 2. The lowest BCUT2D eigenvalue weighted by molar-refractivity contribution is -0.134. The first-order chi connectivity index (χ1) is 20.9. The van der Waals surface area contributed by atoms with E-state index in [-0.39, 0.29) is 23.6 Å². The highest BCUT2D eigenvalue weighted by atomic mass is 16.3. The number of carbonyl (C=O) groups is 4. The van der Waals surface area contributed by atoms with Crippen LogP contribution in [0.1, 0.15) is 38.2 Å². The molecule has 2 N–H and O–H groups in total. The number of hydrogen-bond acceptors (Lipinski definition) is 5. The molecule has 3 heterocycles. The number of nitrogens with one attached hydrogen (secondary N) is 2. The molecule has 0 unspecified atom stereocenters. The van der Waals surface area contributed by atoms with Crippen molar-refractivity contribution in [2.45, 2.75) is 44.7 Å². The zero-order valence-electron chi connectivity index (χ0n) is 23.9. The molecule has 0 bridgehead atoms. The van der Waals surface area contributed by atoms with Gasteiger partial charge in [-0.05, 0) is 79.8 Å². The number of carbonyl (C=O) groups excluding carboxylic acids is 4. The third kappa shape index (κ3) is 6.16. The highest BCUT2D eigenvalue weighted by Gasteiger charge is 2.34. The first-order valence-electron chi connectivity index (χ1n) is 14.6. The minimum atomic E-state index is -0.517. The number of anilines is 2. The monoisotopic (exact) mass is 577 g/mol. The summed E-state index contributed by atoms with van der Waals surface area (Å²) in [6.45, 7) is 2.64. The van der Waals surface area contributed by atoms with Crippen molar-refractivity contribution in [1.82, 2.24) is 9.80 Å². The van der Waals surface area contributed by atoms with Crippen molar-refractivity contribution in [2.24, 2.45) is 0 Å². The summed E-state index contributed by atoms with van der Waals surface area (Å²) < 4.78 is 6.05. The van der Waals surface area contributed by atoms with E-state index in [2.05, 4.69) is 10.6 Å². The molecule has 0 aliphatic carbocycles. The van der Waals surface area contributed by atoms with Gasteiger partial charge < -0.3 is 24.9 Å². The second kappa shape index (κ2) is 12.1. The Kier molecular flexibility index (Phi) is 7.96. The Morgan fingerprint density at radius 1 is 0.767 bits per heavy atom. The van der Waals surface area contributed by atoms with Crippen LogP contribution in [0.3, 0.4) is 0 Å². The van der Waals surface area contributed by atoms with Crippen molar-refractivity contribution in [3.8, 4) is 11.3 Å². The molecule has 2 aliphatic rings. The number of furan rings is 1. The summed E-state index contributed by atoms with van der Waals surface area (Å²) in [6.07, 6.45) is 4.44. The molecule has 1 aromatic heterocycles. The lowest BCUT2D eigenvalue weighted by atomic mass is 10.1. The topological polar surface area (TPSA) is 112 Å². The number of benzene rings is 3. The van der Waals surface area contributed by atoms with Gasteiger partial charge in [-0.3, -0.25) is 19.2 Å². The van der Waals surface area contributed by atoms with Gasteiger partial charge >= 0.3 is 0 Å². The van der Waals surface area contributed by atoms with Crippen molar-refractivity contribution in [1.29, 1.82) is 0 Å². The van der Waals surface area contributed by atoms with Gasteiger partial charge in [-0.25, -0.2) is 0 Å². The normalized spacial score (nSPS) is 18.2. The van der Waals surface area contributed by atoms with Crippen molar-refractivity contribution >= 4 is 46.0 Å². The van der Waals surface area contributed by atoms with E-state index in [0.29, 0.717) is 48.6 Å². The van der Waals surface area contributed by atoms with E-state index in [0.717, 1.165) is 29.4 Å². The van der Waals surface area contributed by atoms with Gasteiger partial charge in [-0.15, -0.1) is 0 Å². The molecule has 43 heavy (non-hydrogen) atoms. The molecule has 3 aromatic carbocycles. The molecule has 0 saturated carbocycles. The molecular weight excluding hydrogens is 544 g/mol. The molecule has 2 fully saturated rings. The average Bonchev–Trinajstić information content (AvgIpc) is 3.78. The molecule has 6 rings (SSSR count). The molecule has 9 heteroatoms. The maximum absolute atomic E-state index is 13.1. The van der Waals surface area contributed by atoms with Crippen LogP contribution >= 0.6 is 0 Å². The fourth-order valence-electron chi connectivity index (χ4n) is 5.93. The minimum Gasteiger partial charge on any atom is -0.456 e. The van der Waals surface area contributed by atoms with Gasteiger partial charge in [-0.2, -0.15) is 0 Å². The van der Waals surface area contributed by atoms with Gasteiger partial charge in [0.1, 0.15) is 23.4 Å². The molecule has 1 radical (unpaired) electrons. The van der Waals surface area contributed by atoms with E-state index in [1.807, 2.05) is 72.8 Å². The Hall–Kier alpha value is -4.92. The van der Waals surface area contributed by atoms with Crippen LogP contribution in [0.5, 0.6) is 0 Å². The van der Waals surface area contributed by atoms with Crippen LogP contribution in [0.2, 0.25) is 0 Å². The highest BCUT2D eigenvalue weighted by Crippen LogP contribution is 2.31. The van der Waals surface area contributed by atoms with Crippen LogP contribution in [0.4, 0.5) is 11.4 Å². The van der Waals surface area contributed by atoms with Crippen LogP contribution in [0.25, 0.3) is 22.3 Å². The van der Waals surface area contributed by atoms with E-state index in [1.54, 1.807) is 22.3 Å². The predicted octanol–water partition coefficient (Wildman–Crippen LogP) is 5.23. The van der Waals surface area contributed by atoms with Gasteiger partial charge in [0.25, 0.3) is 0 Å². The quantitative estimate of drug-likeness (QED) is 0.312. The molecule has 2 aliphatic heterocycles. The van der Waals surface area contributed by atoms with E-state index >= 15 is 0 Å². The number of likely N-dealkylation sites (tertiary alicyclic amines) is 2. The average molecular weight is 578 g/mol. The van der Waals surface area contributed by atoms with Gasteiger partial charge in [0.05, 0.1) is 6.42 Å². The van der Waals surface area contributed by atoms with Crippen LogP contribution < -0.4 is 10.6 Å². The predicted molar refractivity (Wildman–Crippen MR) is 164 cm³/mol. The Morgan fingerprint density at radius 3 is 2.09 bits per heavy atom. The lowest BCUT2D eigenvalue weighted by Gasteiger charge is -2.24. The zero-order chi connectivity index (χ0) is 29.9. The molecule has 0 spiro atoms. The largest absolute Gasteiger partial charge is 0.456 e. The highest BCUT2D eigenvalue weighted by molar-refractivity contribution is 6.00. The fraction of sp³-hybridized carbons (Fsp3) is 0.265. The van der Waals surface area contributed by atoms with Crippen molar-refractivity contribution in [2.75, 3.05) is 23.7 Å². The molecule has 219 valence electrons. The Bertz CT molecular complexity index is 1660. The molecule has 2 atom stereocenters. The Labute approximate surface area is 249 Å². The first kappa shape index (κ1) is 28.2. The molecule has 9 nitrogen and oxygen atoms in total. The summed E-state index contributed by atoms with van der Waals surface area (Å²) in [6, 6.07) is 23.1. The zero-order valence-corrected chi connectivity index (χ0v) is 23.9. The van der Waals surface area contributed by atoms with Crippen LogP contribution in [0.15, 0.2) is 83.3 Å². The molecule has 2 saturated heterocycles. The van der Waals surface area contributed by atoms with Crippen molar-refractivity contribution in [3.63, 3.8) is 0 Å². The number of amides is 4. The first-order valence-corrected chi connectivity index (χ1v) is 14.6. The number of hydrogen-bond donors (Lipinski definition) is 2. The van der Waals surface area contributed by atoms with Crippen LogP contribution in [-0.2, 0) is 19.2 Å². The summed E-state index contributed by atoms with van der Waals surface area (Å²) >= 11 is 0. The van der Waals surface area contributed by atoms with Gasteiger partial charge in [0.15, 0.2) is 0 Å². The van der Waals surface area contributed by atoms with Crippen molar-refractivity contribution in [3.05, 3.63) is 90.8 Å². The maximum atomic E-state index is 13.1. The number of fused-ring (bicyclic) bond motifs is 1. The summed E-state index contributed by atoms with van der Waals surface area (Å²) in [4.78, 5) is 53.9. The summed E-state index contributed by atoms with van der Waals surface area (Å²) in [5, 5.41) is 6.73. The second-order valence-electron chi connectivity index (χ2n) is 11.0. The van der Waals surface area contributed by atoms with Crippen molar-refractivity contribution < 1.29 is 23.6 Å². The molecule has 4 aromatic rings. The van der Waals surface area contributed by atoms with Gasteiger partial charge in [0, 0.05) is 42.3 Å². The Morgan fingerprint density at radius 2 is 1.40 bits per heavy atom. The van der Waals surface area contributed by atoms with E-state index in [4.69, 9.17) is 4.42 Å². The maximum Gasteiger partial charge on any atom is 0.247 e. The third-order valence-corrected chi connectivity index (χ3v) is 8.11. The SMILES string of the molecule is CC(=O)N1CCC[C@H]1C(=O)Nc1ccc2oc(-c3ccc(NC(=O)[C@@H]4CCCN4C(=O)[CH]c4ccccc4)cc3)cc2c1.